The maximum Gasteiger partial charge on any atom is 0.291 e. The Morgan fingerprint density at radius 2 is 1.79 bits per heavy atom. The summed E-state index contributed by atoms with van der Waals surface area (Å²) in [4.78, 5) is 43.2. The van der Waals surface area contributed by atoms with Gasteiger partial charge in [-0.25, -0.2) is 0 Å². The first-order chi connectivity index (χ1) is 13.5. The lowest BCUT2D eigenvalue weighted by molar-refractivity contribution is -0.125. The van der Waals surface area contributed by atoms with Crippen molar-refractivity contribution in [3.63, 3.8) is 0 Å². The summed E-state index contributed by atoms with van der Waals surface area (Å²) in [6.45, 7) is 3.83. The van der Waals surface area contributed by atoms with Gasteiger partial charge < -0.3 is 14.2 Å². The molecule has 0 saturated heterocycles. The third-order valence-corrected chi connectivity index (χ3v) is 5.58. The Bertz CT molecular complexity index is 1260. The Labute approximate surface area is 160 Å². The van der Waals surface area contributed by atoms with Gasteiger partial charge >= 0.3 is 0 Å². The Hall–Kier alpha value is -3.67. The Balaban J connectivity index is 1.98. The zero-order chi connectivity index (χ0) is 19.6. The van der Waals surface area contributed by atoms with Crippen molar-refractivity contribution in [2.45, 2.75) is 5.54 Å². The number of fused-ring (bicyclic) bond motifs is 5. The first kappa shape index (κ1) is 16.5. The quantitative estimate of drug-likeness (QED) is 0.649. The van der Waals surface area contributed by atoms with E-state index in [1.54, 1.807) is 55.6 Å². The molecule has 0 N–H and O–H groups in total. The number of rotatable bonds is 2. The van der Waals surface area contributed by atoms with Gasteiger partial charge in [0, 0.05) is 24.8 Å². The third-order valence-electron chi connectivity index (χ3n) is 5.58. The van der Waals surface area contributed by atoms with Crippen molar-refractivity contribution in [1.82, 2.24) is 4.90 Å². The average Bonchev–Trinajstić information content (AvgIpc) is 3.09. The molecule has 3 aromatic rings. The number of carbonyl (C=O) groups excluding carboxylic acids is 2. The minimum Gasteiger partial charge on any atom is -0.450 e. The van der Waals surface area contributed by atoms with Gasteiger partial charge in [0.1, 0.15) is 5.58 Å². The topological polar surface area (TPSA) is 70.8 Å². The molecule has 1 aromatic heterocycles. The van der Waals surface area contributed by atoms with Crippen LogP contribution in [0.4, 0.5) is 5.69 Å². The molecule has 2 aliphatic heterocycles. The molecule has 0 aliphatic carbocycles. The summed E-state index contributed by atoms with van der Waals surface area (Å²) in [5.41, 5.74) is -0.248. The molecule has 0 radical (unpaired) electrons. The zero-order valence-corrected chi connectivity index (χ0v) is 15.1. The molecule has 3 heterocycles. The average molecular weight is 372 g/mol. The van der Waals surface area contributed by atoms with Crippen LogP contribution in [0.5, 0.6) is 0 Å². The smallest absolute Gasteiger partial charge is 0.291 e. The SMILES string of the molecule is C=CCN1C(=O)c2oc3ccccc3c(=O)c2[C@@]12C(=O)N(C)c1ccccc12. The van der Waals surface area contributed by atoms with Gasteiger partial charge in [0.05, 0.1) is 10.9 Å². The van der Waals surface area contributed by atoms with Gasteiger partial charge in [-0.3, -0.25) is 14.4 Å². The van der Waals surface area contributed by atoms with Crippen LogP contribution in [0.25, 0.3) is 11.0 Å². The molecule has 2 aliphatic rings. The summed E-state index contributed by atoms with van der Waals surface area (Å²) >= 11 is 0. The van der Waals surface area contributed by atoms with E-state index in [0.717, 1.165) is 0 Å². The van der Waals surface area contributed by atoms with Crippen LogP contribution in [0.2, 0.25) is 0 Å². The number of amides is 2. The number of carbonyl (C=O) groups is 2. The fourth-order valence-electron chi connectivity index (χ4n) is 4.42. The summed E-state index contributed by atoms with van der Waals surface area (Å²) in [6.07, 6.45) is 1.55. The van der Waals surface area contributed by atoms with Gasteiger partial charge in [-0.05, 0) is 18.2 Å². The monoisotopic (exact) mass is 372 g/mol. The van der Waals surface area contributed by atoms with E-state index in [1.165, 1.54) is 9.80 Å². The van der Waals surface area contributed by atoms with Crippen molar-refractivity contribution >= 4 is 28.5 Å². The summed E-state index contributed by atoms with van der Waals surface area (Å²) in [7, 11) is 1.65. The van der Waals surface area contributed by atoms with E-state index in [-0.39, 0.29) is 29.2 Å². The second-order valence-electron chi connectivity index (χ2n) is 6.93. The van der Waals surface area contributed by atoms with Crippen molar-refractivity contribution in [1.29, 1.82) is 0 Å². The van der Waals surface area contributed by atoms with Gasteiger partial charge in [-0.2, -0.15) is 0 Å². The molecule has 1 atom stereocenters. The summed E-state index contributed by atoms with van der Waals surface area (Å²) in [6, 6.07) is 14.0. The molecule has 0 saturated carbocycles. The molecule has 5 rings (SSSR count). The standard InChI is InChI=1S/C22H16N2O4/c1-3-12-24-20(26)19-17(18(25)13-8-4-7-11-16(13)28-19)22(24)14-9-5-6-10-15(14)23(2)21(22)27/h3-11H,1,12H2,2H3/t22-/m0/s1. The van der Waals surface area contributed by atoms with Crippen LogP contribution in [-0.2, 0) is 10.3 Å². The maximum atomic E-state index is 13.6. The molecule has 28 heavy (non-hydrogen) atoms. The molecule has 1 spiro atoms. The highest BCUT2D eigenvalue weighted by molar-refractivity contribution is 6.16. The predicted octanol–water partition coefficient (Wildman–Crippen LogP) is 2.65. The van der Waals surface area contributed by atoms with Crippen LogP contribution < -0.4 is 10.3 Å². The van der Waals surface area contributed by atoms with Gasteiger partial charge in [0.15, 0.2) is 11.0 Å². The minimum absolute atomic E-state index is 0.0796. The summed E-state index contributed by atoms with van der Waals surface area (Å²) in [5, 5.41) is 0.341. The lowest BCUT2D eigenvalue weighted by atomic mass is 9.84. The van der Waals surface area contributed by atoms with Crippen LogP contribution in [0.3, 0.4) is 0 Å². The number of hydrogen-bond acceptors (Lipinski definition) is 4. The van der Waals surface area contributed by atoms with E-state index in [1.807, 2.05) is 6.07 Å². The summed E-state index contributed by atoms with van der Waals surface area (Å²) in [5.74, 6) is -0.926. The number of benzene rings is 2. The van der Waals surface area contributed by atoms with Crippen LogP contribution in [0.1, 0.15) is 21.7 Å². The van der Waals surface area contributed by atoms with E-state index in [2.05, 4.69) is 6.58 Å². The van der Waals surface area contributed by atoms with Crippen molar-refractivity contribution < 1.29 is 14.0 Å². The second kappa shape index (κ2) is 5.42. The van der Waals surface area contributed by atoms with E-state index in [4.69, 9.17) is 4.42 Å². The van der Waals surface area contributed by atoms with E-state index in [9.17, 15) is 14.4 Å². The molecule has 2 amide bonds. The molecule has 0 bridgehead atoms. The Morgan fingerprint density at radius 1 is 1.07 bits per heavy atom. The number of para-hydroxylation sites is 2. The highest BCUT2D eigenvalue weighted by atomic mass is 16.3. The Morgan fingerprint density at radius 3 is 2.57 bits per heavy atom. The molecule has 6 nitrogen and oxygen atoms in total. The fourth-order valence-corrected chi connectivity index (χ4v) is 4.42. The number of anilines is 1. The van der Waals surface area contributed by atoms with E-state index >= 15 is 0 Å². The molecule has 138 valence electrons. The molecule has 0 fully saturated rings. The first-order valence-electron chi connectivity index (χ1n) is 8.90. The van der Waals surface area contributed by atoms with Crippen molar-refractivity contribution in [2.24, 2.45) is 0 Å². The largest absolute Gasteiger partial charge is 0.450 e. The van der Waals surface area contributed by atoms with Crippen LogP contribution >= 0.6 is 0 Å². The number of likely N-dealkylation sites (N-methyl/N-ethyl adjacent to an activating group) is 1. The van der Waals surface area contributed by atoms with Crippen LogP contribution in [0.15, 0.2) is 70.4 Å². The lowest BCUT2D eigenvalue weighted by Gasteiger charge is -2.33. The normalized spacial score (nSPS) is 20.2. The second-order valence-corrected chi connectivity index (χ2v) is 6.93. The number of hydrogen-bond donors (Lipinski definition) is 0. The predicted molar refractivity (Wildman–Crippen MR) is 104 cm³/mol. The molecule has 0 unspecified atom stereocenters. The highest BCUT2D eigenvalue weighted by Crippen LogP contribution is 2.51. The van der Waals surface area contributed by atoms with Gasteiger partial charge in [-0.1, -0.05) is 36.4 Å². The fraction of sp³-hybridized carbons (Fsp3) is 0.136. The van der Waals surface area contributed by atoms with E-state index in [0.29, 0.717) is 22.2 Å². The number of nitrogens with zero attached hydrogens (tertiary/aromatic N) is 2. The lowest BCUT2D eigenvalue weighted by Crippen LogP contribution is -2.52. The summed E-state index contributed by atoms with van der Waals surface area (Å²) < 4.78 is 5.86. The van der Waals surface area contributed by atoms with Crippen molar-refractivity contribution in [2.75, 3.05) is 18.5 Å². The van der Waals surface area contributed by atoms with Crippen LogP contribution in [-0.4, -0.2) is 30.3 Å². The van der Waals surface area contributed by atoms with Crippen LogP contribution in [0, 0.1) is 0 Å². The highest BCUT2D eigenvalue weighted by Gasteiger charge is 2.64. The maximum absolute atomic E-state index is 13.6. The van der Waals surface area contributed by atoms with Crippen molar-refractivity contribution in [3.05, 3.63) is 88.3 Å². The van der Waals surface area contributed by atoms with Gasteiger partial charge in [-0.15, -0.1) is 6.58 Å². The minimum atomic E-state index is -1.55. The molecular weight excluding hydrogens is 356 g/mol. The molecular formula is C22H16N2O4. The first-order valence-corrected chi connectivity index (χ1v) is 8.90. The van der Waals surface area contributed by atoms with Crippen molar-refractivity contribution in [3.8, 4) is 0 Å². The third kappa shape index (κ3) is 1.70. The van der Waals surface area contributed by atoms with E-state index < -0.39 is 11.4 Å². The molecule has 2 aromatic carbocycles. The molecule has 6 heteroatoms. The van der Waals surface area contributed by atoms with Gasteiger partial charge in [0.2, 0.25) is 5.76 Å². The zero-order valence-electron chi connectivity index (χ0n) is 15.1. The Kier molecular flexibility index (Phi) is 3.19. The van der Waals surface area contributed by atoms with Gasteiger partial charge in [0.25, 0.3) is 11.8 Å².